The van der Waals surface area contributed by atoms with Crippen molar-refractivity contribution in [3.8, 4) is 0 Å². The molecule has 0 fully saturated rings. The number of amides is 1. The zero-order valence-corrected chi connectivity index (χ0v) is 16.4. The molecular formula is C19H32N4O2. The van der Waals surface area contributed by atoms with E-state index in [1.165, 1.54) is 11.1 Å². The van der Waals surface area contributed by atoms with Crippen LogP contribution in [0.3, 0.4) is 0 Å². The fourth-order valence-corrected chi connectivity index (χ4v) is 2.09. The predicted octanol–water partition coefficient (Wildman–Crippen LogP) is 3.58. The van der Waals surface area contributed by atoms with Crippen LogP contribution < -0.4 is 16.4 Å². The zero-order chi connectivity index (χ0) is 19.2. The van der Waals surface area contributed by atoms with Crippen molar-refractivity contribution < 1.29 is 9.53 Å². The number of benzene rings is 1. The van der Waals surface area contributed by atoms with E-state index in [2.05, 4.69) is 22.5 Å². The van der Waals surface area contributed by atoms with E-state index in [0.717, 1.165) is 5.69 Å². The molecule has 0 aliphatic rings. The van der Waals surface area contributed by atoms with Crippen LogP contribution in [0.2, 0.25) is 0 Å². The summed E-state index contributed by atoms with van der Waals surface area (Å²) in [6, 6.07) is 5.86. The highest BCUT2D eigenvalue weighted by Crippen LogP contribution is 2.14. The fraction of sp³-hybridized carbons (Fsp3) is 0.579. The van der Waals surface area contributed by atoms with Gasteiger partial charge in [-0.3, -0.25) is 4.99 Å². The quantitative estimate of drug-likeness (QED) is 0.560. The molecule has 0 saturated heterocycles. The topological polar surface area (TPSA) is 88.7 Å². The van der Waals surface area contributed by atoms with Crippen molar-refractivity contribution in [2.45, 2.75) is 60.1 Å². The van der Waals surface area contributed by atoms with Crippen LogP contribution in [0.15, 0.2) is 23.2 Å². The summed E-state index contributed by atoms with van der Waals surface area (Å²) in [7, 11) is 0. The van der Waals surface area contributed by atoms with Gasteiger partial charge in [0.25, 0.3) is 0 Å². The number of nitrogens with one attached hydrogen (secondary N) is 2. The van der Waals surface area contributed by atoms with E-state index < -0.39 is 11.7 Å². The maximum absolute atomic E-state index is 11.9. The standard InChI is InChI=1S/C19H32N4O2/c1-12(2)16(23-18(24)25-19(5,6)7)11-21-17(20)22-15-9-8-13(3)14(4)10-15/h8-10,12,16H,11H2,1-7H3,(H,23,24)(H3,20,21,22). The minimum Gasteiger partial charge on any atom is -0.444 e. The molecule has 1 unspecified atom stereocenters. The van der Waals surface area contributed by atoms with E-state index in [-0.39, 0.29) is 12.0 Å². The van der Waals surface area contributed by atoms with Crippen molar-refractivity contribution in [2.24, 2.45) is 16.6 Å². The molecule has 6 heteroatoms. The highest BCUT2D eigenvalue weighted by atomic mass is 16.6. The van der Waals surface area contributed by atoms with Crippen LogP contribution in [0.5, 0.6) is 0 Å². The Hall–Kier alpha value is -2.24. The molecule has 0 spiro atoms. The maximum atomic E-state index is 11.9. The van der Waals surface area contributed by atoms with Crippen molar-refractivity contribution in [3.63, 3.8) is 0 Å². The smallest absolute Gasteiger partial charge is 0.407 e. The number of hydrogen-bond acceptors (Lipinski definition) is 3. The Kier molecular flexibility index (Phi) is 7.27. The molecule has 1 aromatic rings. The number of guanidine groups is 1. The zero-order valence-electron chi connectivity index (χ0n) is 16.4. The number of ether oxygens (including phenoxy) is 1. The van der Waals surface area contributed by atoms with Gasteiger partial charge in [0.1, 0.15) is 5.60 Å². The van der Waals surface area contributed by atoms with Crippen LogP contribution in [-0.4, -0.2) is 30.2 Å². The lowest BCUT2D eigenvalue weighted by atomic mass is 10.1. The summed E-state index contributed by atoms with van der Waals surface area (Å²) >= 11 is 0. The average molecular weight is 348 g/mol. The molecule has 0 aromatic heterocycles. The molecule has 25 heavy (non-hydrogen) atoms. The number of nitrogens with zero attached hydrogens (tertiary/aromatic N) is 1. The summed E-state index contributed by atoms with van der Waals surface area (Å²) < 4.78 is 5.30. The second-order valence-electron chi connectivity index (χ2n) is 7.65. The van der Waals surface area contributed by atoms with Gasteiger partial charge in [-0.15, -0.1) is 0 Å². The summed E-state index contributed by atoms with van der Waals surface area (Å²) in [5.41, 5.74) is 8.74. The van der Waals surface area contributed by atoms with Gasteiger partial charge in [-0.05, 0) is 63.8 Å². The third-order valence-corrected chi connectivity index (χ3v) is 3.74. The molecular weight excluding hydrogens is 316 g/mol. The molecule has 0 heterocycles. The Morgan fingerprint density at radius 1 is 1.24 bits per heavy atom. The van der Waals surface area contributed by atoms with Gasteiger partial charge < -0.3 is 21.1 Å². The maximum Gasteiger partial charge on any atom is 0.407 e. The first kappa shape index (κ1) is 20.8. The van der Waals surface area contributed by atoms with Gasteiger partial charge in [-0.2, -0.15) is 0 Å². The normalized spacial score (nSPS) is 13.5. The molecule has 0 radical (unpaired) electrons. The number of rotatable bonds is 5. The second kappa shape index (κ2) is 8.74. The summed E-state index contributed by atoms with van der Waals surface area (Å²) in [5.74, 6) is 0.519. The molecule has 1 rings (SSSR count). The highest BCUT2D eigenvalue weighted by Gasteiger charge is 2.21. The minimum absolute atomic E-state index is 0.157. The molecule has 0 aliphatic carbocycles. The molecule has 4 N–H and O–H groups in total. The SMILES string of the molecule is Cc1ccc(NC(N)=NCC(NC(=O)OC(C)(C)C)C(C)C)cc1C. The number of nitrogens with two attached hydrogens (primary N) is 1. The third kappa shape index (κ3) is 7.92. The van der Waals surface area contributed by atoms with Gasteiger partial charge in [0.15, 0.2) is 5.96 Å². The molecule has 0 aliphatic heterocycles. The first-order valence-corrected chi connectivity index (χ1v) is 8.61. The Balaban J connectivity index is 2.66. The summed E-state index contributed by atoms with van der Waals surface area (Å²) in [5, 5.41) is 5.94. The van der Waals surface area contributed by atoms with Gasteiger partial charge in [0, 0.05) is 5.69 Å². The van der Waals surface area contributed by atoms with Crippen LogP contribution in [0, 0.1) is 19.8 Å². The lowest BCUT2D eigenvalue weighted by Gasteiger charge is -2.25. The number of alkyl carbamates (subject to hydrolysis) is 1. The van der Waals surface area contributed by atoms with Crippen molar-refractivity contribution >= 4 is 17.7 Å². The monoisotopic (exact) mass is 348 g/mol. The van der Waals surface area contributed by atoms with E-state index in [1.807, 2.05) is 59.7 Å². The van der Waals surface area contributed by atoms with Crippen molar-refractivity contribution in [2.75, 3.05) is 11.9 Å². The molecule has 1 aromatic carbocycles. The summed E-state index contributed by atoms with van der Waals surface area (Å²) in [4.78, 5) is 16.3. The van der Waals surface area contributed by atoms with Crippen molar-refractivity contribution in [1.29, 1.82) is 0 Å². The molecule has 140 valence electrons. The first-order valence-electron chi connectivity index (χ1n) is 8.61. The van der Waals surface area contributed by atoms with Crippen LogP contribution >= 0.6 is 0 Å². The molecule has 0 saturated carbocycles. The number of aliphatic imine (C=N–C) groups is 1. The predicted molar refractivity (Wildman–Crippen MR) is 104 cm³/mol. The van der Waals surface area contributed by atoms with E-state index in [4.69, 9.17) is 10.5 Å². The van der Waals surface area contributed by atoms with Crippen molar-refractivity contribution in [1.82, 2.24) is 5.32 Å². The van der Waals surface area contributed by atoms with Crippen LogP contribution in [-0.2, 0) is 4.74 Å². The number of carbonyl (C=O) groups is 1. The number of aryl methyl sites for hydroxylation is 2. The minimum atomic E-state index is -0.529. The third-order valence-electron chi connectivity index (χ3n) is 3.74. The lowest BCUT2D eigenvalue weighted by molar-refractivity contribution is 0.0493. The van der Waals surface area contributed by atoms with Crippen molar-refractivity contribution in [3.05, 3.63) is 29.3 Å². The van der Waals surface area contributed by atoms with Gasteiger partial charge in [0.05, 0.1) is 12.6 Å². The van der Waals surface area contributed by atoms with Gasteiger partial charge in [-0.1, -0.05) is 19.9 Å². The van der Waals surface area contributed by atoms with Gasteiger partial charge >= 0.3 is 6.09 Å². The van der Waals surface area contributed by atoms with Crippen LogP contribution in [0.4, 0.5) is 10.5 Å². The average Bonchev–Trinajstić information content (AvgIpc) is 2.45. The number of hydrogen-bond donors (Lipinski definition) is 3. The molecule has 6 nitrogen and oxygen atoms in total. The Morgan fingerprint density at radius 3 is 2.40 bits per heavy atom. The summed E-state index contributed by atoms with van der Waals surface area (Å²) in [6.45, 7) is 14.0. The Bertz CT molecular complexity index is 618. The Labute approximate surface area is 151 Å². The number of carbonyl (C=O) groups excluding carboxylic acids is 1. The fourth-order valence-electron chi connectivity index (χ4n) is 2.09. The molecule has 1 amide bonds. The Morgan fingerprint density at radius 2 is 1.88 bits per heavy atom. The molecule has 0 bridgehead atoms. The largest absolute Gasteiger partial charge is 0.444 e. The highest BCUT2D eigenvalue weighted by molar-refractivity contribution is 5.92. The van der Waals surface area contributed by atoms with Crippen LogP contribution in [0.1, 0.15) is 45.7 Å². The van der Waals surface area contributed by atoms with E-state index >= 15 is 0 Å². The summed E-state index contributed by atoms with van der Waals surface area (Å²) in [6.07, 6.45) is -0.443. The van der Waals surface area contributed by atoms with Gasteiger partial charge in [0.2, 0.25) is 0 Å². The molecule has 1 atom stereocenters. The van der Waals surface area contributed by atoms with E-state index in [9.17, 15) is 4.79 Å². The lowest BCUT2D eigenvalue weighted by Crippen LogP contribution is -2.44. The van der Waals surface area contributed by atoms with E-state index in [0.29, 0.717) is 12.5 Å². The number of anilines is 1. The van der Waals surface area contributed by atoms with E-state index in [1.54, 1.807) is 0 Å². The van der Waals surface area contributed by atoms with Gasteiger partial charge in [-0.25, -0.2) is 4.79 Å². The van der Waals surface area contributed by atoms with Crippen LogP contribution in [0.25, 0.3) is 0 Å². The first-order chi connectivity index (χ1) is 11.5. The second-order valence-corrected chi connectivity index (χ2v) is 7.65.